The molecule has 5 nitrogen and oxygen atoms in total. The lowest BCUT2D eigenvalue weighted by Crippen LogP contribution is -2.32. The summed E-state index contributed by atoms with van der Waals surface area (Å²) in [5.41, 5.74) is 0.825. The van der Waals surface area contributed by atoms with Gasteiger partial charge in [-0.1, -0.05) is 31.0 Å². The van der Waals surface area contributed by atoms with E-state index in [0.717, 1.165) is 25.7 Å². The van der Waals surface area contributed by atoms with Gasteiger partial charge < -0.3 is 4.74 Å². The molecule has 27 heavy (non-hydrogen) atoms. The molecule has 1 heterocycles. The molecule has 2 aromatic carbocycles. The average molecular weight is 391 g/mol. The van der Waals surface area contributed by atoms with Gasteiger partial charge in [-0.3, -0.25) is 0 Å². The fraction of sp³-hybridized carbons (Fsp3) is 0.350. The van der Waals surface area contributed by atoms with Crippen molar-refractivity contribution in [2.45, 2.75) is 37.2 Å². The van der Waals surface area contributed by atoms with Crippen LogP contribution in [-0.2, 0) is 21.4 Å². The molecule has 0 aromatic heterocycles. The standard InChI is InChI=1S/C20H22FNO4S/c21-18-10-8-16(9-11-18)15-26-20(23)17-6-5-7-19(14-17)27(24,25)22-12-3-1-2-4-13-22/h5-11,14H,1-4,12-13,15H2. The van der Waals surface area contributed by atoms with Crippen molar-refractivity contribution < 1.29 is 22.3 Å². The predicted octanol–water partition coefficient (Wildman–Crippen LogP) is 3.75. The van der Waals surface area contributed by atoms with Gasteiger partial charge >= 0.3 is 5.97 Å². The van der Waals surface area contributed by atoms with E-state index in [-0.39, 0.29) is 22.9 Å². The monoisotopic (exact) mass is 391 g/mol. The van der Waals surface area contributed by atoms with Crippen LogP contribution in [0.5, 0.6) is 0 Å². The van der Waals surface area contributed by atoms with E-state index >= 15 is 0 Å². The highest BCUT2D eigenvalue weighted by Crippen LogP contribution is 2.21. The number of carbonyl (C=O) groups is 1. The predicted molar refractivity (Wildman–Crippen MR) is 99.2 cm³/mol. The number of hydrogen-bond donors (Lipinski definition) is 0. The summed E-state index contributed by atoms with van der Waals surface area (Å²) in [5, 5.41) is 0. The van der Waals surface area contributed by atoms with E-state index in [2.05, 4.69) is 0 Å². The highest BCUT2D eigenvalue weighted by atomic mass is 32.2. The highest BCUT2D eigenvalue weighted by molar-refractivity contribution is 7.89. The fourth-order valence-corrected chi connectivity index (χ4v) is 4.59. The zero-order chi connectivity index (χ0) is 19.3. The maximum atomic E-state index is 12.9. The van der Waals surface area contributed by atoms with Gasteiger partial charge in [-0.15, -0.1) is 0 Å². The van der Waals surface area contributed by atoms with Crippen LogP contribution < -0.4 is 0 Å². The van der Waals surface area contributed by atoms with Crippen LogP contribution in [0.1, 0.15) is 41.6 Å². The molecule has 3 rings (SSSR count). The first-order valence-electron chi connectivity index (χ1n) is 8.98. The molecule has 0 amide bonds. The summed E-state index contributed by atoms with van der Waals surface area (Å²) in [6.45, 7) is 0.991. The number of rotatable bonds is 5. The molecule has 0 N–H and O–H groups in total. The van der Waals surface area contributed by atoms with Crippen molar-refractivity contribution >= 4 is 16.0 Å². The second-order valence-corrected chi connectivity index (χ2v) is 8.49. The number of halogens is 1. The van der Waals surface area contributed by atoms with E-state index in [9.17, 15) is 17.6 Å². The third-order valence-electron chi connectivity index (χ3n) is 4.56. The molecule has 144 valence electrons. The van der Waals surface area contributed by atoms with Gasteiger partial charge in [0.15, 0.2) is 0 Å². The molecule has 0 aliphatic carbocycles. The maximum Gasteiger partial charge on any atom is 0.338 e. The molecule has 0 bridgehead atoms. The zero-order valence-electron chi connectivity index (χ0n) is 14.9. The minimum Gasteiger partial charge on any atom is -0.457 e. The zero-order valence-corrected chi connectivity index (χ0v) is 15.8. The Balaban J connectivity index is 1.72. The van der Waals surface area contributed by atoms with Crippen molar-refractivity contribution in [3.05, 3.63) is 65.5 Å². The number of ether oxygens (including phenoxy) is 1. The molecule has 0 saturated carbocycles. The Morgan fingerprint density at radius 1 is 1.00 bits per heavy atom. The van der Waals surface area contributed by atoms with Crippen molar-refractivity contribution in [3.8, 4) is 0 Å². The lowest BCUT2D eigenvalue weighted by atomic mass is 10.2. The van der Waals surface area contributed by atoms with Crippen molar-refractivity contribution in [2.24, 2.45) is 0 Å². The molecule has 0 unspecified atom stereocenters. The smallest absolute Gasteiger partial charge is 0.338 e. The van der Waals surface area contributed by atoms with Gasteiger partial charge in [0.2, 0.25) is 10.0 Å². The van der Waals surface area contributed by atoms with E-state index < -0.39 is 16.0 Å². The Morgan fingerprint density at radius 3 is 2.33 bits per heavy atom. The van der Waals surface area contributed by atoms with Gasteiger partial charge in [-0.05, 0) is 48.7 Å². The van der Waals surface area contributed by atoms with E-state index in [1.165, 1.54) is 46.8 Å². The summed E-state index contributed by atoms with van der Waals surface area (Å²) in [6, 6.07) is 11.6. The normalized spacial score (nSPS) is 15.9. The van der Waals surface area contributed by atoms with Crippen molar-refractivity contribution in [2.75, 3.05) is 13.1 Å². The van der Waals surface area contributed by atoms with Crippen molar-refractivity contribution in [3.63, 3.8) is 0 Å². The van der Waals surface area contributed by atoms with Crippen molar-refractivity contribution in [1.82, 2.24) is 4.31 Å². The van der Waals surface area contributed by atoms with Gasteiger partial charge in [-0.2, -0.15) is 4.31 Å². The first-order chi connectivity index (χ1) is 13.0. The summed E-state index contributed by atoms with van der Waals surface area (Å²) in [6.07, 6.45) is 3.75. The lowest BCUT2D eigenvalue weighted by Gasteiger charge is -2.20. The van der Waals surface area contributed by atoms with Gasteiger partial charge in [0.1, 0.15) is 12.4 Å². The van der Waals surface area contributed by atoms with Crippen LogP contribution in [0.25, 0.3) is 0 Å². The van der Waals surface area contributed by atoms with Crippen LogP contribution in [0, 0.1) is 5.82 Å². The molecule has 7 heteroatoms. The molecule has 0 spiro atoms. The number of sulfonamides is 1. The molecule has 0 atom stereocenters. The van der Waals surface area contributed by atoms with E-state index in [1.54, 1.807) is 6.07 Å². The van der Waals surface area contributed by atoms with Crippen LogP contribution >= 0.6 is 0 Å². The topological polar surface area (TPSA) is 63.7 Å². The van der Waals surface area contributed by atoms with Gasteiger partial charge in [-0.25, -0.2) is 17.6 Å². The molecule has 1 saturated heterocycles. The molecule has 1 fully saturated rings. The van der Waals surface area contributed by atoms with Crippen LogP contribution in [-0.4, -0.2) is 31.8 Å². The fourth-order valence-electron chi connectivity index (χ4n) is 3.03. The number of esters is 1. The molecule has 1 aliphatic rings. The minimum atomic E-state index is -3.63. The van der Waals surface area contributed by atoms with E-state index in [1.807, 2.05) is 0 Å². The Morgan fingerprint density at radius 2 is 1.67 bits per heavy atom. The van der Waals surface area contributed by atoms with Crippen LogP contribution in [0.4, 0.5) is 4.39 Å². The quantitative estimate of drug-likeness (QED) is 0.729. The summed E-state index contributed by atoms with van der Waals surface area (Å²) < 4.78 is 45.4. The summed E-state index contributed by atoms with van der Waals surface area (Å²) >= 11 is 0. The second kappa shape index (κ2) is 8.63. The third kappa shape index (κ3) is 4.93. The Hall–Kier alpha value is -2.25. The summed E-state index contributed by atoms with van der Waals surface area (Å²) in [4.78, 5) is 12.4. The summed E-state index contributed by atoms with van der Waals surface area (Å²) in [7, 11) is -3.63. The Bertz CT molecular complexity index is 888. The minimum absolute atomic E-state index is 0.0117. The number of benzene rings is 2. The van der Waals surface area contributed by atoms with Gasteiger partial charge in [0.25, 0.3) is 0 Å². The Labute approximate surface area is 158 Å². The SMILES string of the molecule is O=C(OCc1ccc(F)cc1)c1cccc(S(=O)(=O)N2CCCCCC2)c1. The van der Waals surface area contributed by atoms with E-state index in [4.69, 9.17) is 4.74 Å². The number of nitrogens with zero attached hydrogens (tertiary/aromatic N) is 1. The lowest BCUT2D eigenvalue weighted by molar-refractivity contribution is 0.0472. The average Bonchev–Trinajstić information content (AvgIpc) is 2.97. The highest BCUT2D eigenvalue weighted by Gasteiger charge is 2.26. The van der Waals surface area contributed by atoms with Crippen LogP contribution in [0.2, 0.25) is 0 Å². The Kier molecular flexibility index (Phi) is 6.23. The molecule has 1 aliphatic heterocycles. The van der Waals surface area contributed by atoms with Gasteiger partial charge in [0, 0.05) is 13.1 Å². The maximum absolute atomic E-state index is 12.9. The second-order valence-electron chi connectivity index (χ2n) is 6.55. The van der Waals surface area contributed by atoms with Crippen molar-refractivity contribution in [1.29, 1.82) is 0 Å². The first kappa shape index (κ1) is 19.5. The largest absolute Gasteiger partial charge is 0.457 e. The third-order valence-corrected chi connectivity index (χ3v) is 6.45. The first-order valence-corrected chi connectivity index (χ1v) is 10.4. The van der Waals surface area contributed by atoms with E-state index in [0.29, 0.717) is 18.7 Å². The molecule has 2 aromatic rings. The summed E-state index contributed by atoms with van der Waals surface area (Å²) in [5.74, 6) is -0.983. The van der Waals surface area contributed by atoms with Crippen LogP contribution in [0.3, 0.4) is 0 Å². The number of carbonyl (C=O) groups excluding carboxylic acids is 1. The van der Waals surface area contributed by atoms with Gasteiger partial charge in [0.05, 0.1) is 10.5 Å². The molecular weight excluding hydrogens is 369 g/mol. The van der Waals surface area contributed by atoms with Crippen LogP contribution in [0.15, 0.2) is 53.4 Å². The molecule has 0 radical (unpaired) electrons. The number of hydrogen-bond acceptors (Lipinski definition) is 4. The molecular formula is C20H22FNO4S.